The van der Waals surface area contributed by atoms with Gasteiger partial charge in [-0.2, -0.15) is 13.2 Å². The van der Waals surface area contributed by atoms with E-state index in [0.717, 1.165) is 0 Å². The molecule has 0 saturated carbocycles. The number of hydrogen-bond acceptors (Lipinski definition) is 3. The average molecular weight is 277 g/mol. The molecule has 1 aromatic rings. The molecule has 0 radical (unpaired) electrons. The zero-order chi connectivity index (χ0) is 14.5. The van der Waals surface area contributed by atoms with Crippen LogP contribution in [-0.2, 0) is 4.79 Å². The van der Waals surface area contributed by atoms with E-state index in [0.29, 0.717) is 11.3 Å². The van der Waals surface area contributed by atoms with Crippen LogP contribution >= 0.6 is 0 Å². The molecule has 4 nitrogen and oxygen atoms in total. The van der Waals surface area contributed by atoms with Gasteiger partial charge >= 0.3 is 6.18 Å². The Hall–Kier alpha value is -1.76. The molecule has 1 atom stereocenters. The molecule has 0 aliphatic heterocycles. The second-order valence-corrected chi connectivity index (χ2v) is 3.93. The monoisotopic (exact) mass is 277 g/mol. The van der Waals surface area contributed by atoms with E-state index in [4.69, 9.17) is 4.74 Å². The highest BCUT2D eigenvalue weighted by molar-refractivity contribution is 5.77. The van der Waals surface area contributed by atoms with Crippen molar-refractivity contribution in [2.75, 3.05) is 13.2 Å². The van der Waals surface area contributed by atoms with Gasteiger partial charge < -0.3 is 15.2 Å². The first-order valence-electron chi connectivity index (χ1n) is 5.52. The summed E-state index contributed by atoms with van der Waals surface area (Å²) in [5, 5.41) is 11.0. The molecule has 19 heavy (non-hydrogen) atoms. The standard InChI is InChI=1S/C12H14F3NO3/c1-8(17)9-3-2-4-10(5-9)19-6-11(18)16-7-12(13,14)15/h2-5,8,17H,6-7H2,1H3,(H,16,18). The van der Waals surface area contributed by atoms with Crippen LogP contribution in [0.5, 0.6) is 5.75 Å². The number of rotatable bonds is 5. The van der Waals surface area contributed by atoms with Crippen LogP contribution in [0.2, 0.25) is 0 Å². The number of ether oxygens (including phenoxy) is 1. The van der Waals surface area contributed by atoms with Gasteiger partial charge in [-0.25, -0.2) is 0 Å². The van der Waals surface area contributed by atoms with E-state index in [1.165, 1.54) is 6.07 Å². The lowest BCUT2D eigenvalue weighted by Gasteiger charge is -2.11. The quantitative estimate of drug-likeness (QED) is 0.862. The largest absolute Gasteiger partial charge is 0.484 e. The van der Waals surface area contributed by atoms with Gasteiger partial charge in [0.25, 0.3) is 5.91 Å². The van der Waals surface area contributed by atoms with E-state index in [2.05, 4.69) is 0 Å². The number of hydrogen-bond donors (Lipinski definition) is 2. The van der Waals surface area contributed by atoms with Crippen molar-refractivity contribution < 1.29 is 27.8 Å². The Morgan fingerprint density at radius 2 is 2.16 bits per heavy atom. The van der Waals surface area contributed by atoms with E-state index < -0.39 is 31.3 Å². The van der Waals surface area contributed by atoms with Gasteiger partial charge in [0.15, 0.2) is 6.61 Å². The summed E-state index contributed by atoms with van der Waals surface area (Å²) in [6.07, 6.45) is -5.13. The number of carbonyl (C=O) groups excluding carboxylic acids is 1. The highest BCUT2D eigenvalue weighted by Crippen LogP contribution is 2.18. The Bertz CT molecular complexity index is 432. The molecule has 0 aromatic heterocycles. The van der Waals surface area contributed by atoms with Gasteiger partial charge in [-0.15, -0.1) is 0 Å². The molecular weight excluding hydrogens is 263 g/mol. The van der Waals surface area contributed by atoms with Gasteiger partial charge in [-0.1, -0.05) is 12.1 Å². The molecule has 0 aliphatic carbocycles. The first-order chi connectivity index (χ1) is 8.78. The van der Waals surface area contributed by atoms with Crippen molar-refractivity contribution in [3.63, 3.8) is 0 Å². The van der Waals surface area contributed by atoms with Crippen LogP contribution in [-0.4, -0.2) is 30.3 Å². The molecular formula is C12H14F3NO3. The maximum atomic E-state index is 11.8. The summed E-state index contributed by atoms with van der Waals surface area (Å²) in [5.74, 6) is -0.555. The van der Waals surface area contributed by atoms with E-state index in [-0.39, 0.29) is 0 Å². The molecule has 106 valence electrons. The normalized spacial score (nSPS) is 12.9. The molecule has 1 rings (SSSR count). The minimum absolute atomic E-state index is 0.306. The average Bonchev–Trinajstić information content (AvgIpc) is 2.33. The number of amides is 1. The van der Waals surface area contributed by atoms with Crippen LogP contribution in [0.15, 0.2) is 24.3 Å². The third kappa shape index (κ3) is 6.10. The second kappa shape index (κ2) is 6.42. The fraction of sp³-hybridized carbons (Fsp3) is 0.417. The third-order valence-electron chi connectivity index (χ3n) is 2.20. The maximum Gasteiger partial charge on any atom is 0.405 e. The molecule has 7 heteroatoms. The lowest BCUT2D eigenvalue weighted by Crippen LogP contribution is -2.36. The summed E-state index contributed by atoms with van der Waals surface area (Å²) in [6.45, 7) is -0.336. The Morgan fingerprint density at radius 1 is 1.47 bits per heavy atom. The lowest BCUT2D eigenvalue weighted by molar-refractivity contribution is -0.139. The second-order valence-electron chi connectivity index (χ2n) is 3.93. The van der Waals surface area contributed by atoms with Crippen molar-refractivity contribution in [1.82, 2.24) is 5.32 Å². The van der Waals surface area contributed by atoms with E-state index in [9.17, 15) is 23.1 Å². The molecule has 0 spiro atoms. The topological polar surface area (TPSA) is 58.6 Å². The Morgan fingerprint density at radius 3 is 2.74 bits per heavy atom. The Kier molecular flexibility index (Phi) is 5.17. The van der Waals surface area contributed by atoms with Gasteiger partial charge in [0, 0.05) is 0 Å². The van der Waals surface area contributed by atoms with Crippen molar-refractivity contribution in [1.29, 1.82) is 0 Å². The first-order valence-corrected chi connectivity index (χ1v) is 5.52. The van der Waals surface area contributed by atoms with Gasteiger partial charge in [-0.05, 0) is 24.6 Å². The number of benzene rings is 1. The minimum Gasteiger partial charge on any atom is -0.484 e. The van der Waals surface area contributed by atoms with Gasteiger partial charge in [0.1, 0.15) is 12.3 Å². The molecule has 0 saturated heterocycles. The van der Waals surface area contributed by atoms with Crippen LogP contribution in [0, 0.1) is 0 Å². The fourth-order valence-electron chi connectivity index (χ4n) is 1.26. The fourth-order valence-corrected chi connectivity index (χ4v) is 1.26. The number of aliphatic hydroxyl groups is 1. The SMILES string of the molecule is CC(O)c1cccc(OCC(=O)NCC(F)(F)F)c1. The molecule has 0 fully saturated rings. The smallest absolute Gasteiger partial charge is 0.405 e. The molecule has 1 amide bonds. The van der Waals surface area contributed by atoms with Crippen molar-refractivity contribution in [2.24, 2.45) is 0 Å². The van der Waals surface area contributed by atoms with Crippen molar-refractivity contribution >= 4 is 5.91 Å². The molecule has 1 aromatic carbocycles. The number of alkyl halides is 3. The number of aliphatic hydroxyl groups excluding tert-OH is 1. The van der Waals surface area contributed by atoms with E-state index >= 15 is 0 Å². The number of halogens is 3. The van der Waals surface area contributed by atoms with E-state index in [1.54, 1.807) is 30.4 Å². The summed E-state index contributed by atoms with van der Waals surface area (Å²) >= 11 is 0. The zero-order valence-corrected chi connectivity index (χ0v) is 10.2. The number of nitrogens with one attached hydrogen (secondary N) is 1. The highest BCUT2D eigenvalue weighted by Gasteiger charge is 2.27. The van der Waals surface area contributed by atoms with Gasteiger partial charge in [-0.3, -0.25) is 4.79 Å². The summed E-state index contributed by atoms with van der Waals surface area (Å²) in [4.78, 5) is 11.1. The van der Waals surface area contributed by atoms with Gasteiger partial charge in [0.05, 0.1) is 6.10 Å². The molecule has 0 aliphatic rings. The number of carbonyl (C=O) groups is 1. The van der Waals surface area contributed by atoms with Crippen molar-refractivity contribution in [3.8, 4) is 5.75 Å². The summed E-state index contributed by atoms with van der Waals surface area (Å²) < 4.78 is 40.5. The van der Waals surface area contributed by atoms with Crippen molar-refractivity contribution in [3.05, 3.63) is 29.8 Å². The molecule has 2 N–H and O–H groups in total. The summed E-state index contributed by atoms with van der Waals surface area (Å²) in [7, 11) is 0. The van der Waals surface area contributed by atoms with Crippen LogP contribution in [0.4, 0.5) is 13.2 Å². The Labute approximate surface area is 108 Å². The minimum atomic E-state index is -4.44. The summed E-state index contributed by atoms with van der Waals surface area (Å²) in [6, 6.07) is 6.34. The molecule has 1 unspecified atom stereocenters. The third-order valence-corrected chi connectivity index (χ3v) is 2.20. The van der Waals surface area contributed by atoms with Gasteiger partial charge in [0.2, 0.25) is 0 Å². The lowest BCUT2D eigenvalue weighted by atomic mass is 10.1. The maximum absolute atomic E-state index is 11.8. The van der Waals surface area contributed by atoms with Crippen LogP contribution in [0.1, 0.15) is 18.6 Å². The van der Waals surface area contributed by atoms with E-state index in [1.807, 2.05) is 0 Å². The predicted octanol–water partition coefficient (Wildman–Crippen LogP) is 1.80. The van der Waals surface area contributed by atoms with Crippen molar-refractivity contribution in [2.45, 2.75) is 19.2 Å². The Balaban J connectivity index is 2.44. The highest BCUT2D eigenvalue weighted by atomic mass is 19.4. The summed E-state index contributed by atoms with van der Waals surface area (Å²) in [5.41, 5.74) is 0.591. The van der Waals surface area contributed by atoms with Crippen LogP contribution in [0.3, 0.4) is 0 Å². The van der Waals surface area contributed by atoms with Crippen LogP contribution < -0.4 is 10.1 Å². The van der Waals surface area contributed by atoms with Crippen LogP contribution in [0.25, 0.3) is 0 Å². The first kappa shape index (κ1) is 15.3. The zero-order valence-electron chi connectivity index (χ0n) is 10.2. The predicted molar refractivity (Wildman–Crippen MR) is 61.6 cm³/mol. The molecule has 0 heterocycles. The molecule has 0 bridgehead atoms.